The fourth-order valence-corrected chi connectivity index (χ4v) is 3.19. The third-order valence-corrected chi connectivity index (χ3v) is 5.01. The molecule has 0 spiro atoms. The monoisotopic (exact) mass is 412 g/mol. The third-order valence-electron chi connectivity index (χ3n) is 5.01. The average Bonchev–Trinajstić information content (AvgIpc) is 2.68. The van der Waals surface area contributed by atoms with Crippen LogP contribution in [-0.4, -0.2) is 30.5 Å². The van der Waals surface area contributed by atoms with Crippen LogP contribution in [0.1, 0.15) is 110 Å². The van der Waals surface area contributed by atoms with Gasteiger partial charge in [-0.15, -0.1) is 0 Å². The van der Waals surface area contributed by atoms with Crippen molar-refractivity contribution in [2.75, 3.05) is 6.54 Å². The van der Waals surface area contributed by atoms with Gasteiger partial charge in [-0.3, -0.25) is 10.2 Å². The summed E-state index contributed by atoms with van der Waals surface area (Å²) in [6, 6.07) is -0.820. The second kappa shape index (κ2) is 19.7. The van der Waals surface area contributed by atoms with Crippen molar-refractivity contribution in [3.63, 3.8) is 0 Å². The molecule has 0 rings (SSSR count). The van der Waals surface area contributed by atoms with Gasteiger partial charge in [-0.05, 0) is 19.3 Å². The number of unbranched alkanes of at least 4 members (excludes halogenated alkanes) is 12. The second-order valence-corrected chi connectivity index (χ2v) is 7.87. The minimum atomic E-state index is -0.820. The molecule has 0 heterocycles. The van der Waals surface area contributed by atoms with Gasteiger partial charge in [0.15, 0.2) is 5.96 Å². The largest absolute Gasteiger partial charge is 0.392 e. The normalized spacial score (nSPS) is 11.8. The molecule has 6 N–H and O–H groups in total. The average molecular weight is 413 g/mol. The van der Waals surface area contributed by atoms with Crippen molar-refractivity contribution in [1.82, 2.24) is 5.32 Å². The number of esters is 2. The lowest BCUT2D eigenvalue weighted by Crippen LogP contribution is -2.36. The SMILES string of the molecule is CCCCCCCCCCCCCCCC(=O)OC(=O)[C@@H](N)CCCNC(=N)N. The van der Waals surface area contributed by atoms with Crippen LogP contribution in [0.15, 0.2) is 0 Å². The number of guanidine groups is 1. The molecule has 170 valence electrons. The van der Waals surface area contributed by atoms with E-state index in [0.29, 0.717) is 19.4 Å². The molecule has 0 unspecified atom stereocenters. The van der Waals surface area contributed by atoms with Crippen LogP contribution in [-0.2, 0) is 14.3 Å². The van der Waals surface area contributed by atoms with Gasteiger partial charge in [0.05, 0.1) is 0 Å². The zero-order valence-electron chi connectivity index (χ0n) is 18.5. The predicted octanol–water partition coefficient (Wildman–Crippen LogP) is 4.13. The van der Waals surface area contributed by atoms with E-state index < -0.39 is 18.0 Å². The van der Waals surface area contributed by atoms with Gasteiger partial charge in [-0.25, -0.2) is 4.79 Å². The summed E-state index contributed by atoms with van der Waals surface area (Å²) in [4.78, 5) is 23.5. The number of ether oxygens (including phenoxy) is 1. The zero-order chi connectivity index (χ0) is 21.7. The second-order valence-electron chi connectivity index (χ2n) is 7.87. The van der Waals surface area contributed by atoms with Crippen LogP contribution < -0.4 is 16.8 Å². The van der Waals surface area contributed by atoms with Gasteiger partial charge in [0.2, 0.25) is 0 Å². The van der Waals surface area contributed by atoms with Crippen molar-refractivity contribution in [3.8, 4) is 0 Å². The van der Waals surface area contributed by atoms with Gasteiger partial charge >= 0.3 is 11.9 Å². The molecule has 29 heavy (non-hydrogen) atoms. The van der Waals surface area contributed by atoms with Crippen molar-refractivity contribution in [2.24, 2.45) is 11.5 Å². The summed E-state index contributed by atoms with van der Waals surface area (Å²) < 4.78 is 4.81. The molecular formula is C22H44N4O3. The van der Waals surface area contributed by atoms with E-state index in [1.165, 1.54) is 64.2 Å². The number of nitrogens with two attached hydrogens (primary N) is 2. The van der Waals surface area contributed by atoms with E-state index in [-0.39, 0.29) is 12.4 Å². The minimum Gasteiger partial charge on any atom is -0.392 e. The topological polar surface area (TPSA) is 131 Å². The molecule has 0 aromatic rings. The molecule has 1 atom stereocenters. The Morgan fingerprint density at radius 1 is 0.862 bits per heavy atom. The summed E-state index contributed by atoms with van der Waals surface area (Å²) in [7, 11) is 0. The highest BCUT2D eigenvalue weighted by molar-refractivity contribution is 5.88. The van der Waals surface area contributed by atoms with Gasteiger partial charge in [0, 0.05) is 13.0 Å². The fourth-order valence-electron chi connectivity index (χ4n) is 3.19. The summed E-state index contributed by atoms with van der Waals surface area (Å²) >= 11 is 0. The Labute approximate surface area is 177 Å². The molecule has 0 aliphatic carbocycles. The van der Waals surface area contributed by atoms with Crippen LogP contribution >= 0.6 is 0 Å². The number of carbonyl (C=O) groups is 2. The minimum absolute atomic E-state index is 0.117. The molecule has 0 saturated carbocycles. The number of nitrogens with one attached hydrogen (secondary N) is 2. The van der Waals surface area contributed by atoms with Crippen LogP contribution in [0.25, 0.3) is 0 Å². The van der Waals surface area contributed by atoms with Gasteiger partial charge in [-0.1, -0.05) is 84.0 Å². The van der Waals surface area contributed by atoms with Gasteiger partial charge in [0.1, 0.15) is 6.04 Å². The van der Waals surface area contributed by atoms with Crippen molar-refractivity contribution >= 4 is 17.9 Å². The van der Waals surface area contributed by atoms with Crippen molar-refractivity contribution < 1.29 is 14.3 Å². The van der Waals surface area contributed by atoms with E-state index in [9.17, 15) is 9.59 Å². The lowest BCUT2D eigenvalue weighted by atomic mass is 10.0. The zero-order valence-corrected chi connectivity index (χ0v) is 18.5. The molecule has 7 heteroatoms. The Balaban J connectivity index is 3.46. The third kappa shape index (κ3) is 19.5. The molecular weight excluding hydrogens is 368 g/mol. The smallest absolute Gasteiger partial charge is 0.330 e. The predicted molar refractivity (Wildman–Crippen MR) is 119 cm³/mol. The molecule has 7 nitrogen and oxygen atoms in total. The molecule has 0 saturated heterocycles. The Bertz CT molecular complexity index is 444. The molecule has 0 amide bonds. The Kier molecular flexibility index (Phi) is 18.6. The van der Waals surface area contributed by atoms with Gasteiger partial charge in [0.25, 0.3) is 0 Å². The summed E-state index contributed by atoms with van der Waals surface area (Å²) in [5.41, 5.74) is 10.9. The van der Waals surface area contributed by atoms with Crippen LogP contribution in [0.2, 0.25) is 0 Å². The number of hydrogen-bond donors (Lipinski definition) is 4. The summed E-state index contributed by atoms with van der Waals surface area (Å²) in [6.07, 6.45) is 17.4. The Hall–Kier alpha value is -1.63. The van der Waals surface area contributed by atoms with Crippen LogP contribution in [0.5, 0.6) is 0 Å². The van der Waals surface area contributed by atoms with E-state index >= 15 is 0 Å². The molecule has 0 aliphatic rings. The Morgan fingerprint density at radius 2 is 1.34 bits per heavy atom. The molecule has 0 aliphatic heterocycles. The Morgan fingerprint density at radius 3 is 1.83 bits per heavy atom. The maximum Gasteiger partial charge on any atom is 0.330 e. The first kappa shape index (κ1) is 27.4. The quantitative estimate of drug-likeness (QED) is 0.0829. The maximum absolute atomic E-state index is 11.8. The highest BCUT2D eigenvalue weighted by Crippen LogP contribution is 2.13. The highest BCUT2D eigenvalue weighted by atomic mass is 16.6. The van der Waals surface area contributed by atoms with Gasteiger partial charge in [-0.2, -0.15) is 0 Å². The first-order chi connectivity index (χ1) is 14.0. The summed E-state index contributed by atoms with van der Waals surface area (Å²) in [6.45, 7) is 2.71. The van der Waals surface area contributed by atoms with E-state index in [1.807, 2.05) is 0 Å². The number of carbonyl (C=O) groups excluding carboxylic acids is 2. The molecule has 0 bridgehead atoms. The number of rotatable bonds is 19. The lowest BCUT2D eigenvalue weighted by Gasteiger charge is -2.10. The first-order valence-electron chi connectivity index (χ1n) is 11.5. The molecule has 0 radical (unpaired) electrons. The van der Waals surface area contributed by atoms with E-state index in [0.717, 1.165) is 19.3 Å². The fraction of sp³-hybridized carbons (Fsp3) is 0.864. The van der Waals surface area contributed by atoms with Crippen molar-refractivity contribution in [2.45, 2.75) is 116 Å². The van der Waals surface area contributed by atoms with Crippen LogP contribution in [0, 0.1) is 5.41 Å². The summed E-state index contributed by atoms with van der Waals surface area (Å²) in [5.74, 6) is -1.28. The molecule has 0 aromatic carbocycles. The van der Waals surface area contributed by atoms with E-state index in [1.54, 1.807) is 0 Å². The van der Waals surface area contributed by atoms with Crippen LogP contribution in [0.4, 0.5) is 0 Å². The highest BCUT2D eigenvalue weighted by Gasteiger charge is 2.18. The van der Waals surface area contributed by atoms with E-state index in [4.69, 9.17) is 21.6 Å². The van der Waals surface area contributed by atoms with Gasteiger partial charge < -0.3 is 21.5 Å². The van der Waals surface area contributed by atoms with Crippen LogP contribution in [0.3, 0.4) is 0 Å². The van der Waals surface area contributed by atoms with Crippen molar-refractivity contribution in [3.05, 3.63) is 0 Å². The van der Waals surface area contributed by atoms with Crippen molar-refractivity contribution in [1.29, 1.82) is 5.41 Å². The first-order valence-corrected chi connectivity index (χ1v) is 11.5. The maximum atomic E-state index is 11.8. The van der Waals surface area contributed by atoms with E-state index in [2.05, 4.69) is 12.2 Å². The number of hydrogen-bond acceptors (Lipinski definition) is 5. The molecule has 0 fully saturated rings. The molecule has 0 aromatic heterocycles. The lowest BCUT2D eigenvalue weighted by molar-refractivity contribution is -0.160. The summed E-state index contributed by atoms with van der Waals surface area (Å²) in [5, 5.41) is 9.66. The standard InChI is InChI=1S/C22H44N4O3/c1-2-3-4-5-6-7-8-9-10-11-12-13-14-17-20(27)29-21(28)19(23)16-15-18-26-22(24)25/h19H,2-18,23H2,1H3,(H4,24,25,26)/t19-/m0/s1.